The van der Waals surface area contributed by atoms with Crippen molar-refractivity contribution in [2.24, 2.45) is 0 Å². The van der Waals surface area contributed by atoms with Crippen molar-refractivity contribution in [1.29, 1.82) is 0 Å². The highest BCUT2D eigenvalue weighted by Gasteiger charge is 1.91. The van der Waals surface area contributed by atoms with Gasteiger partial charge in [-0.2, -0.15) is 0 Å². The molecule has 0 unspecified atom stereocenters. The van der Waals surface area contributed by atoms with Crippen LogP contribution in [0, 0.1) is 0 Å². The van der Waals surface area contributed by atoms with Crippen LogP contribution in [0.3, 0.4) is 0 Å². The van der Waals surface area contributed by atoms with E-state index < -0.39 is 6.16 Å². The summed E-state index contributed by atoms with van der Waals surface area (Å²) in [5, 5.41) is 48.0. The quantitative estimate of drug-likeness (QED) is 0.184. The molecular weight excluding hydrogens is 364 g/mol. The summed E-state index contributed by atoms with van der Waals surface area (Å²) in [6.07, 6.45) is 16.8. The molecule has 28 heavy (non-hydrogen) atoms. The average molecular weight is 411 g/mol. The van der Waals surface area contributed by atoms with Crippen molar-refractivity contribution in [2.45, 2.75) is 103 Å². The first-order valence-corrected chi connectivity index (χ1v) is 10.9. The molecule has 0 aromatic rings. The number of carboxylic acid groups (broad SMARTS) is 2. The Morgan fingerprint density at radius 2 is 0.464 bits per heavy atom. The van der Waals surface area contributed by atoms with Gasteiger partial charge in [0, 0.05) is 26.4 Å². The first kappa shape index (κ1) is 31.8. The van der Waals surface area contributed by atoms with Gasteiger partial charge in [0.1, 0.15) is 0 Å². The molecule has 0 atom stereocenters. The summed E-state index contributed by atoms with van der Waals surface area (Å²) in [5.74, 6) is 0. The first-order valence-electron chi connectivity index (χ1n) is 10.9. The number of carbonyl (C=O) groups is 1. The maximum atomic E-state index is 8.56. The molecule has 172 valence electrons. The molecular formula is C21H46O7. The molecule has 0 radical (unpaired) electrons. The van der Waals surface area contributed by atoms with Gasteiger partial charge >= 0.3 is 6.16 Å². The normalized spacial score (nSPS) is 9.86. The lowest BCUT2D eigenvalue weighted by molar-refractivity contribution is 0.137. The highest BCUT2D eigenvalue weighted by molar-refractivity contribution is 5.53. The Morgan fingerprint density at radius 1 is 0.357 bits per heavy atom. The van der Waals surface area contributed by atoms with E-state index in [1.165, 1.54) is 51.4 Å². The minimum atomic E-state index is -1.83. The van der Waals surface area contributed by atoms with Crippen LogP contribution < -0.4 is 0 Å². The Morgan fingerprint density at radius 3 is 0.571 bits per heavy atom. The van der Waals surface area contributed by atoms with E-state index in [4.69, 9.17) is 35.4 Å². The fourth-order valence-electron chi connectivity index (χ4n) is 2.57. The Labute approximate surface area is 171 Å². The van der Waals surface area contributed by atoms with Crippen molar-refractivity contribution < 1.29 is 35.4 Å². The third-order valence-corrected chi connectivity index (χ3v) is 4.13. The fourth-order valence-corrected chi connectivity index (χ4v) is 2.57. The van der Waals surface area contributed by atoms with Gasteiger partial charge in [-0.25, -0.2) is 4.79 Å². The SMILES string of the molecule is O=C(O)O.OCCCCCCCCCCO.OCCCCCCCCCCO. The first-order chi connectivity index (χ1) is 13.6. The highest BCUT2D eigenvalue weighted by atomic mass is 16.6. The van der Waals surface area contributed by atoms with Crippen LogP contribution in [0.15, 0.2) is 0 Å². The van der Waals surface area contributed by atoms with E-state index in [0.29, 0.717) is 26.4 Å². The maximum absolute atomic E-state index is 8.56. The summed E-state index contributed by atoms with van der Waals surface area (Å²) < 4.78 is 0. The van der Waals surface area contributed by atoms with Crippen molar-refractivity contribution in [3.8, 4) is 0 Å². The Hall–Kier alpha value is -0.890. The Balaban J connectivity index is -0.000000375. The molecule has 0 amide bonds. The second-order valence-electron chi connectivity index (χ2n) is 6.83. The van der Waals surface area contributed by atoms with Crippen molar-refractivity contribution in [3.05, 3.63) is 0 Å². The summed E-state index contributed by atoms with van der Waals surface area (Å²) >= 11 is 0. The fraction of sp³-hybridized carbons (Fsp3) is 0.952. The van der Waals surface area contributed by atoms with Crippen LogP contribution in [0.5, 0.6) is 0 Å². The van der Waals surface area contributed by atoms with Crippen LogP contribution in [0.2, 0.25) is 0 Å². The van der Waals surface area contributed by atoms with Crippen LogP contribution in [-0.2, 0) is 0 Å². The van der Waals surface area contributed by atoms with Crippen molar-refractivity contribution in [1.82, 2.24) is 0 Å². The van der Waals surface area contributed by atoms with E-state index in [9.17, 15) is 0 Å². The van der Waals surface area contributed by atoms with Crippen molar-refractivity contribution in [3.63, 3.8) is 0 Å². The number of hydrogen-bond donors (Lipinski definition) is 6. The summed E-state index contributed by atoms with van der Waals surface area (Å²) in [7, 11) is 0. The number of aliphatic hydroxyl groups excluding tert-OH is 4. The smallest absolute Gasteiger partial charge is 0.450 e. The molecule has 0 aromatic heterocycles. The molecule has 6 N–H and O–H groups in total. The molecule has 0 rings (SSSR count). The van der Waals surface area contributed by atoms with Crippen LogP contribution in [-0.4, -0.2) is 63.2 Å². The maximum Gasteiger partial charge on any atom is 0.503 e. The van der Waals surface area contributed by atoms with E-state index in [1.54, 1.807) is 0 Å². The summed E-state index contributed by atoms with van der Waals surface area (Å²) in [5.41, 5.74) is 0. The molecule has 0 heterocycles. The van der Waals surface area contributed by atoms with Crippen LogP contribution in [0.1, 0.15) is 103 Å². The van der Waals surface area contributed by atoms with Gasteiger partial charge in [-0.3, -0.25) is 0 Å². The zero-order valence-electron chi connectivity index (χ0n) is 17.7. The number of rotatable bonds is 18. The zero-order valence-corrected chi connectivity index (χ0v) is 17.7. The predicted octanol–water partition coefficient (Wildman–Crippen LogP) is 4.41. The molecule has 7 heteroatoms. The van der Waals surface area contributed by atoms with Gasteiger partial charge in [-0.05, 0) is 25.7 Å². The molecule has 0 saturated carbocycles. The van der Waals surface area contributed by atoms with Crippen LogP contribution >= 0.6 is 0 Å². The van der Waals surface area contributed by atoms with Crippen molar-refractivity contribution >= 4 is 6.16 Å². The molecule has 0 aliphatic rings. The Kier molecular flexibility index (Phi) is 38.2. The molecule has 0 aliphatic carbocycles. The van der Waals surface area contributed by atoms with E-state index in [-0.39, 0.29) is 0 Å². The highest BCUT2D eigenvalue weighted by Crippen LogP contribution is 2.08. The number of aliphatic hydroxyl groups is 4. The molecule has 0 aliphatic heterocycles. The minimum Gasteiger partial charge on any atom is -0.450 e. The van der Waals surface area contributed by atoms with E-state index >= 15 is 0 Å². The van der Waals surface area contributed by atoms with Gasteiger partial charge in [0.15, 0.2) is 0 Å². The summed E-state index contributed by atoms with van der Waals surface area (Å²) in [6, 6.07) is 0. The molecule has 7 nitrogen and oxygen atoms in total. The topological polar surface area (TPSA) is 138 Å². The third-order valence-electron chi connectivity index (χ3n) is 4.13. The summed E-state index contributed by atoms with van der Waals surface area (Å²) in [4.78, 5) is 8.56. The molecule has 0 bridgehead atoms. The largest absolute Gasteiger partial charge is 0.503 e. The Bertz CT molecular complexity index is 219. The summed E-state index contributed by atoms with van der Waals surface area (Å²) in [6.45, 7) is 1.35. The van der Waals surface area contributed by atoms with E-state index in [0.717, 1.165) is 51.4 Å². The average Bonchev–Trinajstić information content (AvgIpc) is 2.66. The third kappa shape index (κ3) is 49.9. The second kappa shape index (κ2) is 33.7. The molecule has 0 aromatic carbocycles. The minimum absolute atomic E-state index is 0.338. The molecule has 0 spiro atoms. The van der Waals surface area contributed by atoms with Crippen LogP contribution in [0.25, 0.3) is 0 Å². The van der Waals surface area contributed by atoms with Gasteiger partial charge in [0.25, 0.3) is 0 Å². The molecule has 0 fully saturated rings. The van der Waals surface area contributed by atoms with Gasteiger partial charge in [0.05, 0.1) is 0 Å². The van der Waals surface area contributed by atoms with E-state index in [2.05, 4.69) is 0 Å². The number of unbranched alkanes of at least 4 members (excludes halogenated alkanes) is 14. The lowest BCUT2D eigenvalue weighted by Crippen LogP contribution is -1.85. The van der Waals surface area contributed by atoms with Crippen LogP contribution in [0.4, 0.5) is 4.79 Å². The second-order valence-corrected chi connectivity index (χ2v) is 6.83. The van der Waals surface area contributed by atoms with Gasteiger partial charge in [-0.15, -0.1) is 0 Å². The lowest BCUT2D eigenvalue weighted by Gasteiger charge is -1.99. The lowest BCUT2D eigenvalue weighted by atomic mass is 10.1. The van der Waals surface area contributed by atoms with Gasteiger partial charge in [0.2, 0.25) is 0 Å². The predicted molar refractivity (Wildman–Crippen MR) is 113 cm³/mol. The zero-order chi connectivity index (χ0) is 21.7. The standard InChI is InChI=1S/2C10H22O2.CH2O3/c2*11-9-7-5-3-1-2-4-6-8-10-12;2-1(3)4/h2*11-12H,1-10H2;(H2,2,3,4). The van der Waals surface area contributed by atoms with Gasteiger partial charge < -0.3 is 30.6 Å². The monoisotopic (exact) mass is 410 g/mol. The number of hydrogen-bond acceptors (Lipinski definition) is 5. The molecule has 0 saturated heterocycles. The van der Waals surface area contributed by atoms with Crippen molar-refractivity contribution in [2.75, 3.05) is 26.4 Å². The van der Waals surface area contributed by atoms with E-state index in [1.807, 2.05) is 0 Å². The van der Waals surface area contributed by atoms with Gasteiger partial charge in [-0.1, -0.05) is 77.0 Å².